The van der Waals surface area contributed by atoms with E-state index in [0.717, 1.165) is 30.2 Å². The molecule has 5 nitrogen and oxygen atoms in total. The standard InChI is InChI=1S/C12H15N3O2/c1-16-11-3-2-5-15-10(11)7-14-12(15)9-8-17-6-4-13-9/h2-3,5,7,9,13H,4,6,8H2,1H3. The van der Waals surface area contributed by atoms with Crippen LogP contribution >= 0.6 is 0 Å². The van der Waals surface area contributed by atoms with E-state index < -0.39 is 0 Å². The van der Waals surface area contributed by atoms with Crippen LogP contribution in [-0.2, 0) is 4.74 Å². The molecule has 0 aliphatic carbocycles. The van der Waals surface area contributed by atoms with E-state index in [4.69, 9.17) is 9.47 Å². The van der Waals surface area contributed by atoms with Gasteiger partial charge in [0.05, 0.1) is 32.6 Å². The fourth-order valence-corrected chi connectivity index (χ4v) is 2.18. The zero-order valence-corrected chi connectivity index (χ0v) is 9.72. The van der Waals surface area contributed by atoms with Gasteiger partial charge in [-0.2, -0.15) is 0 Å². The van der Waals surface area contributed by atoms with Gasteiger partial charge in [0.1, 0.15) is 17.1 Å². The molecule has 1 atom stereocenters. The van der Waals surface area contributed by atoms with Gasteiger partial charge < -0.3 is 14.8 Å². The SMILES string of the molecule is COc1cccn2c(C3COCCN3)ncc12. The maximum absolute atomic E-state index is 5.46. The topological polar surface area (TPSA) is 47.8 Å². The maximum atomic E-state index is 5.46. The molecule has 0 aromatic carbocycles. The van der Waals surface area contributed by atoms with Crippen molar-refractivity contribution in [3.63, 3.8) is 0 Å². The number of hydrogen-bond acceptors (Lipinski definition) is 4. The van der Waals surface area contributed by atoms with Crippen molar-refractivity contribution in [3.8, 4) is 5.75 Å². The Labute approximate surface area is 99.4 Å². The van der Waals surface area contributed by atoms with E-state index in [9.17, 15) is 0 Å². The molecule has 1 aliphatic rings. The van der Waals surface area contributed by atoms with Crippen LogP contribution in [0.15, 0.2) is 24.5 Å². The Hall–Kier alpha value is -1.59. The smallest absolute Gasteiger partial charge is 0.144 e. The van der Waals surface area contributed by atoms with Gasteiger partial charge >= 0.3 is 0 Å². The first-order valence-corrected chi connectivity index (χ1v) is 5.71. The first-order valence-electron chi connectivity index (χ1n) is 5.71. The Kier molecular flexibility index (Phi) is 2.70. The summed E-state index contributed by atoms with van der Waals surface area (Å²) in [5.41, 5.74) is 0.984. The minimum Gasteiger partial charge on any atom is -0.494 e. The van der Waals surface area contributed by atoms with Gasteiger partial charge in [-0.1, -0.05) is 0 Å². The molecule has 2 aromatic rings. The van der Waals surface area contributed by atoms with Crippen molar-refractivity contribution >= 4 is 5.52 Å². The first kappa shape index (κ1) is 10.6. The quantitative estimate of drug-likeness (QED) is 0.840. The molecule has 1 saturated heterocycles. The minimum absolute atomic E-state index is 0.151. The minimum atomic E-state index is 0.151. The van der Waals surface area contributed by atoms with Gasteiger partial charge in [0.15, 0.2) is 0 Å². The van der Waals surface area contributed by atoms with E-state index in [1.165, 1.54) is 0 Å². The fourth-order valence-electron chi connectivity index (χ4n) is 2.18. The van der Waals surface area contributed by atoms with Crippen molar-refractivity contribution in [2.45, 2.75) is 6.04 Å². The van der Waals surface area contributed by atoms with Crippen molar-refractivity contribution in [2.24, 2.45) is 0 Å². The number of methoxy groups -OCH3 is 1. The zero-order chi connectivity index (χ0) is 11.7. The third-order valence-electron chi connectivity index (χ3n) is 3.01. The number of hydrogen-bond donors (Lipinski definition) is 1. The van der Waals surface area contributed by atoms with E-state index in [2.05, 4.69) is 10.3 Å². The lowest BCUT2D eigenvalue weighted by Gasteiger charge is -2.22. The molecule has 5 heteroatoms. The maximum Gasteiger partial charge on any atom is 0.144 e. The van der Waals surface area contributed by atoms with E-state index in [-0.39, 0.29) is 6.04 Å². The summed E-state index contributed by atoms with van der Waals surface area (Å²) in [5.74, 6) is 1.81. The van der Waals surface area contributed by atoms with Crippen LogP contribution in [0.25, 0.3) is 5.52 Å². The largest absolute Gasteiger partial charge is 0.494 e. The second-order valence-corrected chi connectivity index (χ2v) is 4.03. The van der Waals surface area contributed by atoms with Crippen LogP contribution in [0.1, 0.15) is 11.9 Å². The molecule has 1 N–H and O–H groups in total. The second-order valence-electron chi connectivity index (χ2n) is 4.03. The highest BCUT2D eigenvalue weighted by atomic mass is 16.5. The number of pyridine rings is 1. The molecule has 0 spiro atoms. The summed E-state index contributed by atoms with van der Waals surface area (Å²) in [6.07, 6.45) is 3.83. The van der Waals surface area contributed by atoms with Gasteiger partial charge in [0.25, 0.3) is 0 Å². The highest BCUT2D eigenvalue weighted by molar-refractivity contribution is 5.59. The first-order chi connectivity index (χ1) is 8.40. The Morgan fingerprint density at radius 2 is 2.53 bits per heavy atom. The van der Waals surface area contributed by atoms with Gasteiger partial charge in [-0.15, -0.1) is 0 Å². The fraction of sp³-hybridized carbons (Fsp3) is 0.417. The van der Waals surface area contributed by atoms with Crippen LogP contribution in [0.4, 0.5) is 0 Å². The second kappa shape index (κ2) is 4.35. The van der Waals surface area contributed by atoms with Crippen LogP contribution in [0.2, 0.25) is 0 Å². The zero-order valence-electron chi connectivity index (χ0n) is 9.72. The van der Waals surface area contributed by atoms with Crippen LogP contribution in [0, 0.1) is 0 Å². The summed E-state index contributed by atoms with van der Waals surface area (Å²) in [6.45, 7) is 2.29. The van der Waals surface area contributed by atoms with E-state index in [1.807, 2.05) is 28.9 Å². The average molecular weight is 233 g/mol. The van der Waals surface area contributed by atoms with Crippen LogP contribution in [0.5, 0.6) is 5.75 Å². The van der Waals surface area contributed by atoms with Gasteiger partial charge in [-0.3, -0.25) is 4.40 Å². The monoisotopic (exact) mass is 233 g/mol. The Morgan fingerprint density at radius 3 is 3.29 bits per heavy atom. The molecular formula is C12H15N3O2. The van der Waals surface area contributed by atoms with E-state index >= 15 is 0 Å². The molecule has 0 radical (unpaired) electrons. The van der Waals surface area contributed by atoms with Gasteiger partial charge in [0, 0.05) is 12.7 Å². The molecule has 90 valence electrons. The van der Waals surface area contributed by atoms with Crippen molar-refractivity contribution in [1.82, 2.24) is 14.7 Å². The highest BCUT2D eigenvalue weighted by Crippen LogP contribution is 2.23. The summed E-state index contributed by atoms with van der Waals surface area (Å²) in [5, 5.41) is 3.40. The number of morpholine rings is 1. The molecule has 0 saturated carbocycles. The predicted molar refractivity (Wildman–Crippen MR) is 63.3 cm³/mol. The van der Waals surface area contributed by atoms with E-state index in [1.54, 1.807) is 7.11 Å². The van der Waals surface area contributed by atoms with Crippen molar-refractivity contribution in [3.05, 3.63) is 30.4 Å². The number of fused-ring (bicyclic) bond motifs is 1. The lowest BCUT2D eigenvalue weighted by atomic mass is 10.2. The average Bonchev–Trinajstić information content (AvgIpc) is 2.83. The molecule has 17 heavy (non-hydrogen) atoms. The summed E-state index contributed by atoms with van der Waals surface area (Å²) in [4.78, 5) is 4.47. The van der Waals surface area contributed by atoms with Gasteiger partial charge in [-0.25, -0.2) is 4.98 Å². The Morgan fingerprint density at radius 1 is 1.59 bits per heavy atom. The molecule has 1 aliphatic heterocycles. The number of rotatable bonds is 2. The normalized spacial score (nSPS) is 20.6. The van der Waals surface area contributed by atoms with Crippen molar-refractivity contribution in [1.29, 1.82) is 0 Å². The lowest BCUT2D eigenvalue weighted by Crippen LogP contribution is -2.35. The molecule has 0 bridgehead atoms. The van der Waals surface area contributed by atoms with Crippen molar-refractivity contribution < 1.29 is 9.47 Å². The molecular weight excluding hydrogens is 218 g/mol. The summed E-state index contributed by atoms with van der Waals surface area (Å²) >= 11 is 0. The molecule has 1 fully saturated rings. The molecule has 2 aromatic heterocycles. The third-order valence-corrected chi connectivity index (χ3v) is 3.01. The van der Waals surface area contributed by atoms with Crippen molar-refractivity contribution in [2.75, 3.05) is 26.9 Å². The molecule has 1 unspecified atom stereocenters. The number of nitrogens with zero attached hydrogens (tertiary/aromatic N) is 2. The van der Waals surface area contributed by atoms with Crippen LogP contribution in [-0.4, -0.2) is 36.3 Å². The summed E-state index contributed by atoms with van der Waals surface area (Å²) in [6, 6.07) is 4.05. The Balaban J connectivity index is 2.05. The highest BCUT2D eigenvalue weighted by Gasteiger charge is 2.20. The summed E-state index contributed by atoms with van der Waals surface area (Å²) < 4.78 is 12.8. The van der Waals surface area contributed by atoms with Crippen LogP contribution in [0.3, 0.4) is 0 Å². The predicted octanol–water partition coefficient (Wildman–Crippen LogP) is 1.00. The van der Waals surface area contributed by atoms with Gasteiger partial charge in [-0.05, 0) is 12.1 Å². The lowest BCUT2D eigenvalue weighted by molar-refractivity contribution is 0.0740. The number of aromatic nitrogens is 2. The number of imidazole rings is 1. The number of nitrogens with one attached hydrogen (secondary N) is 1. The van der Waals surface area contributed by atoms with Crippen LogP contribution < -0.4 is 10.1 Å². The number of ether oxygens (including phenoxy) is 2. The molecule has 0 amide bonds. The third kappa shape index (κ3) is 1.77. The van der Waals surface area contributed by atoms with Gasteiger partial charge in [0.2, 0.25) is 0 Å². The Bertz CT molecular complexity index is 517. The molecule has 3 rings (SSSR count). The summed E-state index contributed by atoms with van der Waals surface area (Å²) in [7, 11) is 1.67. The molecule has 3 heterocycles. The van der Waals surface area contributed by atoms with E-state index in [0.29, 0.717) is 6.61 Å².